The van der Waals surface area contributed by atoms with Gasteiger partial charge in [0.15, 0.2) is 0 Å². The second-order valence-electron chi connectivity index (χ2n) is 24.0. The van der Waals surface area contributed by atoms with Gasteiger partial charge in [-0.25, -0.2) is 8.78 Å². The highest BCUT2D eigenvalue weighted by Crippen LogP contribution is 2.52. The van der Waals surface area contributed by atoms with E-state index >= 15 is 8.78 Å². The van der Waals surface area contributed by atoms with Crippen molar-refractivity contribution in [3.05, 3.63) is 252 Å². The zero-order chi connectivity index (χ0) is 55.8. The Balaban J connectivity index is 1.15. The van der Waals surface area contributed by atoms with Crippen molar-refractivity contribution >= 4 is 93.0 Å². The number of aryl methyl sites for hydroxylation is 4. The van der Waals surface area contributed by atoms with Crippen LogP contribution in [0.4, 0.5) is 42.9 Å². The van der Waals surface area contributed by atoms with E-state index in [0.717, 1.165) is 122 Å². The molecule has 0 aromatic heterocycles. The fourth-order valence-corrected chi connectivity index (χ4v) is 13.9. The second kappa shape index (κ2) is 20.3. The molecule has 0 unspecified atom stereocenters. The summed E-state index contributed by atoms with van der Waals surface area (Å²) in [7, 11) is -3.73. The van der Waals surface area contributed by atoms with Gasteiger partial charge in [-0.3, -0.25) is 0 Å². The Kier molecular flexibility index (Phi) is 13.3. The van der Waals surface area contributed by atoms with Gasteiger partial charge in [-0.05, 0) is 143 Å². The highest BCUT2D eigenvalue weighted by molar-refractivity contribution is 6.89. The molecule has 394 valence electrons. The molecule has 0 N–H and O–H groups in total. The molecule has 0 atom stereocenters. The summed E-state index contributed by atoms with van der Waals surface area (Å²) >= 11 is 0. The monoisotopic (exact) mass is 1080 g/mol. The van der Waals surface area contributed by atoms with E-state index in [4.69, 9.17) is 0 Å². The van der Waals surface area contributed by atoms with Gasteiger partial charge in [-0.15, -0.1) is 0 Å². The minimum absolute atomic E-state index is 0.318. The number of hydrogen-bond acceptors (Lipinski definition) is 2. The summed E-state index contributed by atoms with van der Waals surface area (Å²) in [6.07, 6.45) is 0. The molecule has 0 heterocycles. The number of benzene rings is 12. The Hall–Kier alpha value is -8.43. The van der Waals surface area contributed by atoms with Crippen LogP contribution in [0.5, 0.6) is 0 Å². The van der Waals surface area contributed by atoms with E-state index in [1.807, 2.05) is 0 Å². The van der Waals surface area contributed by atoms with E-state index in [9.17, 15) is 0 Å². The molecule has 0 aliphatic carbocycles. The maximum absolute atomic E-state index is 18.2. The average Bonchev–Trinajstić information content (AvgIpc) is 2.67. The van der Waals surface area contributed by atoms with Crippen LogP contribution in [0.15, 0.2) is 218 Å². The summed E-state index contributed by atoms with van der Waals surface area (Å²) in [5.41, 5.74) is 16.0. The highest BCUT2D eigenvalue weighted by Gasteiger charge is 2.30. The van der Waals surface area contributed by atoms with Gasteiger partial charge in [0.2, 0.25) is 0 Å². The normalized spacial score (nSPS) is 12.0. The lowest BCUT2D eigenvalue weighted by molar-refractivity contribution is 0.629. The third-order valence-electron chi connectivity index (χ3n) is 16.1. The van der Waals surface area contributed by atoms with Crippen molar-refractivity contribution < 1.29 is 8.78 Å². The van der Waals surface area contributed by atoms with E-state index in [2.05, 4.69) is 283 Å². The molecule has 80 heavy (non-hydrogen) atoms. The average molecular weight is 1080 g/mol. The zero-order valence-electron chi connectivity index (χ0n) is 47.4. The van der Waals surface area contributed by atoms with Gasteiger partial charge in [0.05, 0.1) is 38.9 Å². The first-order valence-electron chi connectivity index (χ1n) is 27.8. The molecule has 0 bridgehead atoms. The maximum Gasteiger partial charge on any atom is 0.148 e. The molecule has 0 radical (unpaired) electrons. The molecular weight excluding hydrogens is 1010 g/mol. The van der Waals surface area contributed by atoms with Crippen LogP contribution in [0.25, 0.3) is 76.8 Å². The van der Waals surface area contributed by atoms with Crippen molar-refractivity contribution in [2.45, 2.75) is 67.0 Å². The molecule has 2 nitrogen and oxygen atoms in total. The van der Waals surface area contributed by atoms with Gasteiger partial charge in [0.1, 0.15) is 11.6 Å². The number of rotatable bonds is 12. The molecule has 0 amide bonds. The van der Waals surface area contributed by atoms with E-state index in [0.29, 0.717) is 11.4 Å². The van der Waals surface area contributed by atoms with Gasteiger partial charge in [0.25, 0.3) is 0 Å². The van der Waals surface area contributed by atoms with Gasteiger partial charge >= 0.3 is 0 Å². The number of halogens is 2. The third-order valence-corrected chi connectivity index (χ3v) is 20.2. The minimum Gasteiger partial charge on any atom is -0.307 e. The number of hydrogen-bond donors (Lipinski definition) is 0. The summed E-state index contributed by atoms with van der Waals surface area (Å²) < 4.78 is 36.5. The van der Waals surface area contributed by atoms with Crippen LogP contribution in [0, 0.1) is 39.3 Å². The molecule has 0 saturated carbocycles. The predicted molar refractivity (Wildman–Crippen MR) is 346 cm³/mol. The summed E-state index contributed by atoms with van der Waals surface area (Å²) in [6, 6.07) is 76.4. The Labute approximate surface area is 472 Å². The molecule has 12 aromatic rings. The second-order valence-corrected chi connectivity index (χ2v) is 34.2. The fourth-order valence-electron chi connectivity index (χ4n) is 11.5. The van der Waals surface area contributed by atoms with Crippen LogP contribution >= 0.6 is 0 Å². The van der Waals surface area contributed by atoms with Crippen molar-refractivity contribution in [1.82, 2.24) is 0 Å². The smallest absolute Gasteiger partial charge is 0.148 e. The van der Waals surface area contributed by atoms with Crippen LogP contribution in [-0.2, 0) is 0 Å². The highest BCUT2D eigenvalue weighted by atomic mass is 28.3. The van der Waals surface area contributed by atoms with E-state index < -0.39 is 16.1 Å². The third kappa shape index (κ3) is 9.71. The summed E-state index contributed by atoms with van der Waals surface area (Å²) in [5, 5.41) is 8.75. The van der Waals surface area contributed by atoms with Crippen molar-refractivity contribution in [3.8, 4) is 44.5 Å². The quantitative estimate of drug-likeness (QED) is 0.0889. The summed E-state index contributed by atoms with van der Waals surface area (Å²) in [5.74, 6) is -0.637. The van der Waals surface area contributed by atoms with Gasteiger partial charge in [-0.2, -0.15) is 0 Å². The Morgan fingerprint density at radius 2 is 0.637 bits per heavy atom. The first kappa shape index (κ1) is 52.3. The maximum atomic E-state index is 18.2. The standard InChI is InChI=1S/C74H66F2N2Si2/c1-47-17-25-51(26-18-47)57-41-65(53-29-21-49(3)22-30-53)73(67(75)43-57)77(59-13-11-15-61(45-59)79(5,6)7)69-39-35-55-34-38-64-70(40-36-56-33-37-63(69)71(55)72(56)64)78(60-14-12-16-62(46-60)80(8,9)10)74-66(54-31-23-50(4)24-32-54)42-58(44-68(74)76)52-27-19-48(2)20-28-52/h11-46H,1-10H3. The molecule has 0 spiro atoms. The van der Waals surface area contributed by atoms with Crippen molar-refractivity contribution in [3.63, 3.8) is 0 Å². The Morgan fingerprint density at radius 3 is 0.975 bits per heavy atom. The summed E-state index contributed by atoms with van der Waals surface area (Å²) in [6.45, 7) is 22.5. The van der Waals surface area contributed by atoms with Crippen molar-refractivity contribution in [2.24, 2.45) is 0 Å². The van der Waals surface area contributed by atoms with Gasteiger partial charge in [-0.1, -0.05) is 230 Å². The fraction of sp³-hybridized carbons (Fsp3) is 0.135. The van der Waals surface area contributed by atoms with Crippen LogP contribution < -0.4 is 20.2 Å². The minimum atomic E-state index is -1.87. The number of anilines is 6. The first-order chi connectivity index (χ1) is 38.4. The molecule has 6 heteroatoms. The molecule has 0 saturated heterocycles. The van der Waals surface area contributed by atoms with E-state index in [1.165, 1.54) is 10.4 Å². The molecule has 12 aromatic carbocycles. The topological polar surface area (TPSA) is 6.48 Å². The summed E-state index contributed by atoms with van der Waals surface area (Å²) in [4.78, 5) is 4.35. The lowest BCUT2D eigenvalue weighted by Gasteiger charge is -2.32. The van der Waals surface area contributed by atoms with E-state index in [1.54, 1.807) is 12.1 Å². The number of nitrogens with zero attached hydrogens (tertiary/aromatic N) is 2. The Morgan fingerprint density at radius 1 is 0.312 bits per heavy atom. The molecular formula is C74H66F2N2Si2. The SMILES string of the molecule is Cc1ccc(-c2cc(F)c(N(c3cccc([Si](C)(C)C)c3)c3ccc4ccc5c(N(c6cccc([Si](C)(C)C)c6)c6c(F)cc(-c7ccc(C)cc7)cc6-c6ccc(C)cc6)ccc6ccc3c4c65)c(-c3ccc(C)cc3)c2)cc1. The first-order valence-corrected chi connectivity index (χ1v) is 34.8. The van der Waals surface area contributed by atoms with E-state index in [-0.39, 0.29) is 11.6 Å². The van der Waals surface area contributed by atoms with Crippen LogP contribution in [-0.4, -0.2) is 16.1 Å². The van der Waals surface area contributed by atoms with Crippen LogP contribution in [0.1, 0.15) is 22.3 Å². The molecule has 12 rings (SSSR count). The van der Waals surface area contributed by atoms with Crippen LogP contribution in [0.3, 0.4) is 0 Å². The Bertz CT molecular complexity index is 4020. The zero-order valence-corrected chi connectivity index (χ0v) is 49.4. The molecule has 0 aliphatic rings. The molecule has 0 fully saturated rings. The lowest BCUT2D eigenvalue weighted by Crippen LogP contribution is -2.37. The predicted octanol–water partition coefficient (Wildman–Crippen LogP) is 20.8. The van der Waals surface area contributed by atoms with Crippen molar-refractivity contribution in [2.75, 3.05) is 9.80 Å². The van der Waals surface area contributed by atoms with Gasteiger partial charge in [0, 0.05) is 33.3 Å². The van der Waals surface area contributed by atoms with Crippen molar-refractivity contribution in [1.29, 1.82) is 0 Å². The van der Waals surface area contributed by atoms with Gasteiger partial charge < -0.3 is 9.80 Å². The molecule has 0 aliphatic heterocycles. The largest absolute Gasteiger partial charge is 0.307 e. The van der Waals surface area contributed by atoms with Crippen LogP contribution in [0.2, 0.25) is 39.3 Å². The lowest BCUT2D eigenvalue weighted by atomic mass is 9.90.